The Bertz CT molecular complexity index is 1090. The summed E-state index contributed by atoms with van der Waals surface area (Å²) in [5.41, 5.74) is 5.12. The maximum absolute atomic E-state index is 4.75. The summed E-state index contributed by atoms with van der Waals surface area (Å²) in [5, 5.41) is 5.24. The Morgan fingerprint density at radius 1 is 0.783 bits per heavy atom. The maximum atomic E-state index is 4.75. The number of hydrogen-bond acceptors (Lipinski definition) is 1. The third kappa shape index (κ3) is 1.54. The molecule has 0 N–H and O–H groups in total. The lowest BCUT2D eigenvalue weighted by atomic mass is 9.69. The molecule has 0 saturated heterocycles. The molecule has 3 aromatic carbocycles. The second-order valence-electron chi connectivity index (χ2n) is 6.90. The number of rotatable bonds is 0. The summed E-state index contributed by atoms with van der Waals surface area (Å²) in [5.74, 6) is 0. The first kappa shape index (κ1) is 12.8. The van der Waals surface area contributed by atoms with Crippen LogP contribution < -0.4 is 0 Å². The van der Waals surface area contributed by atoms with Crippen LogP contribution in [0.2, 0.25) is 0 Å². The molecule has 1 nitrogen and oxygen atoms in total. The van der Waals surface area contributed by atoms with Gasteiger partial charge in [0.05, 0.1) is 5.69 Å². The van der Waals surface area contributed by atoms with Gasteiger partial charge in [-0.15, -0.1) is 0 Å². The van der Waals surface area contributed by atoms with Crippen LogP contribution in [0.1, 0.15) is 25.0 Å². The van der Waals surface area contributed by atoms with Crippen molar-refractivity contribution < 1.29 is 0 Å². The van der Waals surface area contributed by atoms with Crippen molar-refractivity contribution in [2.24, 2.45) is 0 Å². The van der Waals surface area contributed by atoms with Gasteiger partial charge in [0, 0.05) is 22.6 Å². The number of benzene rings is 3. The summed E-state index contributed by atoms with van der Waals surface area (Å²) in [6.45, 7) is 4.65. The van der Waals surface area contributed by atoms with E-state index in [0.717, 1.165) is 5.69 Å². The topological polar surface area (TPSA) is 12.9 Å². The summed E-state index contributed by atoms with van der Waals surface area (Å²) in [6.07, 6.45) is 1.95. The summed E-state index contributed by atoms with van der Waals surface area (Å²) in [7, 11) is 0. The van der Waals surface area contributed by atoms with Crippen molar-refractivity contribution in [2.75, 3.05) is 0 Å². The molecule has 23 heavy (non-hydrogen) atoms. The first-order valence-corrected chi connectivity index (χ1v) is 8.09. The molecule has 0 saturated carbocycles. The quantitative estimate of drug-likeness (QED) is 0.379. The van der Waals surface area contributed by atoms with Crippen molar-refractivity contribution in [3.8, 4) is 11.3 Å². The SMILES string of the molecule is CC1(C)c2ccccc2-c2nccc3c2c1cc1ccccc13. The molecule has 0 spiro atoms. The van der Waals surface area contributed by atoms with Crippen molar-refractivity contribution in [3.05, 3.63) is 78.0 Å². The van der Waals surface area contributed by atoms with E-state index in [-0.39, 0.29) is 5.41 Å². The van der Waals surface area contributed by atoms with E-state index in [0.29, 0.717) is 0 Å². The van der Waals surface area contributed by atoms with Gasteiger partial charge in [-0.2, -0.15) is 0 Å². The zero-order valence-electron chi connectivity index (χ0n) is 13.3. The Balaban J connectivity index is 2.10. The number of aromatic nitrogens is 1. The van der Waals surface area contributed by atoms with Gasteiger partial charge in [-0.05, 0) is 39.4 Å². The lowest BCUT2D eigenvalue weighted by Crippen LogP contribution is -2.24. The highest BCUT2D eigenvalue weighted by Gasteiger charge is 2.34. The molecule has 0 unspecified atom stereocenters. The third-order valence-corrected chi connectivity index (χ3v) is 5.30. The van der Waals surface area contributed by atoms with Crippen molar-refractivity contribution >= 4 is 21.5 Å². The minimum absolute atomic E-state index is 0.0189. The molecule has 1 aromatic heterocycles. The summed E-state index contributed by atoms with van der Waals surface area (Å²) < 4.78 is 0. The van der Waals surface area contributed by atoms with E-state index in [2.05, 4.69) is 74.5 Å². The van der Waals surface area contributed by atoms with Gasteiger partial charge >= 0.3 is 0 Å². The minimum atomic E-state index is -0.0189. The zero-order valence-corrected chi connectivity index (χ0v) is 13.3. The molecular weight excluding hydrogens is 278 g/mol. The Morgan fingerprint density at radius 2 is 1.57 bits per heavy atom. The monoisotopic (exact) mass is 295 g/mol. The normalized spacial score (nSPS) is 14.9. The van der Waals surface area contributed by atoms with Crippen LogP contribution in [-0.4, -0.2) is 4.98 Å². The fraction of sp³-hybridized carbons (Fsp3) is 0.136. The Hall–Kier alpha value is -2.67. The Kier molecular flexibility index (Phi) is 2.34. The molecule has 1 aliphatic rings. The van der Waals surface area contributed by atoms with Crippen LogP contribution in [0, 0.1) is 0 Å². The van der Waals surface area contributed by atoms with Gasteiger partial charge in [0.1, 0.15) is 0 Å². The van der Waals surface area contributed by atoms with Crippen LogP contribution in [0.4, 0.5) is 0 Å². The van der Waals surface area contributed by atoms with Crippen molar-refractivity contribution in [3.63, 3.8) is 0 Å². The molecule has 0 aliphatic heterocycles. The summed E-state index contributed by atoms with van der Waals surface area (Å²) in [6, 6.07) is 21.9. The van der Waals surface area contributed by atoms with Crippen molar-refractivity contribution in [1.82, 2.24) is 4.98 Å². The van der Waals surface area contributed by atoms with E-state index in [1.165, 1.54) is 38.2 Å². The Labute approximate surface area is 135 Å². The van der Waals surface area contributed by atoms with Crippen molar-refractivity contribution in [1.29, 1.82) is 0 Å². The van der Waals surface area contributed by atoms with Gasteiger partial charge in [-0.25, -0.2) is 0 Å². The molecule has 110 valence electrons. The molecule has 0 atom stereocenters. The molecule has 0 bridgehead atoms. The number of nitrogens with zero attached hydrogens (tertiary/aromatic N) is 1. The van der Waals surface area contributed by atoms with E-state index in [4.69, 9.17) is 4.98 Å². The maximum Gasteiger partial charge on any atom is 0.0786 e. The number of hydrogen-bond donors (Lipinski definition) is 0. The summed E-state index contributed by atoms with van der Waals surface area (Å²) in [4.78, 5) is 4.75. The van der Waals surface area contributed by atoms with Crippen molar-refractivity contribution in [2.45, 2.75) is 19.3 Å². The Morgan fingerprint density at radius 3 is 2.48 bits per heavy atom. The smallest absolute Gasteiger partial charge is 0.0786 e. The van der Waals surface area contributed by atoms with E-state index in [1.54, 1.807) is 0 Å². The van der Waals surface area contributed by atoms with Gasteiger partial charge in [0.25, 0.3) is 0 Å². The minimum Gasteiger partial charge on any atom is -0.256 e. The van der Waals surface area contributed by atoms with Gasteiger partial charge < -0.3 is 0 Å². The predicted molar refractivity (Wildman–Crippen MR) is 96.8 cm³/mol. The van der Waals surface area contributed by atoms with Gasteiger partial charge in [-0.3, -0.25) is 4.98 Å². The predicted octanol–water partition coefficient (Wildman–Crippen LogP) is 5.69. The molecule has 0 fully saturated rings. The third-order valence-electron chi connectivity index (χ3n) is 5.30. The number of fused-ring (bicyclic) bond motifs is 4. The van der Waals surface area contributed by atoms with Crippen LogP contribution in [0.5, 0.6) is 0 Å². The van der Waals surface area contributed by atoms with Crippen LogP contribution in [0.3, 0.4) is 0 Å². The molecular formula is C22H17N. The van der Waals surface area contributed by atoms with E-state index in [1.807, 2.05) is 6.20 Å². The molecule has 0 radical (unpaired) electrons. The average Bonchev–Trinajstić information content (AvgIpc) is 2.59. The van der Waals surface area contributed by atoms with E-state index < -0.39 is 0 Å². The molecule has 1 heterocycles. The first-order chi connectivity index (χ1) is 11.2. The van der Waals surface area contributed by atoms with Gasteiger partial charge in [0.2, 0.25) is 0 Å². The number of pyridine rings is 1. The molecule has 1 aliphatic carbocycles. The first-order valence-electron chi connectivity index (χ1n) is 8.09. The summed E-state index contributed by atoms with van der Waals surface area (Å²) >= 11 is 0. The standard InChI is InChI=1S/C22H17N/c1-22(2)18-10-6-5-9-17(18)21-20-16(11-12-23-21)15-8-4-3-7-14(15)13-19(20)22/h3-13H,1-2H3. The lowest BCUT2D eigenvalue weighted by molar-refractivity contribution is 0.645. The van der Waals surface area contributed by atoms with Gasteiger partial charge in [0.15, 0.2) is 0 Å². The van der Waals surface area contributed by atoms with E-state index in [9.17, 15) is 0 Å². The zero-order chi connectivity index (χ0) is 15.6. The molecule has 5 rings (SSSR count). The van der Waals surface area contributed by atoms with E-state index >= 15 is 0 Å². The average molecular weight is 295 g/mol. The van der Waals surface area contributed by atoms with Gasteiger partial charge in [-0.1, -0.05) is 62.4 Å². The molecule has 4 aromatic rings. The highest BCUT2D eigenvalue weighted by Crippen LogP contribution is 2.49. The highest BCUT2D eigenvalue weighted by atomic mass is 14.7. The van der Waals surface area contributed by atoms with Crippen LogP contribution in [0.25, 0.3) is 32.8 Å². The largest absolute Gasteiger partial charge is 0.256 e. The van der Waals surface area contributed by atoms with Crippen LogP contribution in [-0.2, 0) is 5.41 Å². The molecule has 0 amide bonds. The van der Waals surface area contributed by atoms with Crippen LogP contribution in [0.15, 0.2) is 66.9 Å². The fourth-order valence-electron chi connectivity index (χ4n) is 4.13. The molecule has 1 heteroatoms. The lowest BCUT2D eigenvalue weighted by Gasteiger charge is -2.34. The fourth-order valence-corrected chi connectivity index (χ4v) is 4.13. The van der Waals surface area contributed by atoms with Crippen LogP contribution >= 0.6 is 0 Å². The second kappa shape index (κ2) is 4.20. The highest BCUT2D eigenvalue weighted by molar-refractivity contribution is 6.14. The second-order valence-corrected chi connectivity index (χ2v) is 6.90.